The number of rotatable bonds is 6. The Morgan fingerprint density at radius 3 is 3.06 bits per heavy atom. The van der Waals surface area contributed by atoms with Gasteiger partial charge in [-0.1, -0.05) is 6.92 Å². The molecule has 1 heterocycles. The summed E-state index contributed by atoms with van der Waals surface area (Å²) in [6, 6.07) is 0.0729. The van der Waals surface area contributed by atoms with Crippen LogP contribution in [0.15, 0.2) is 0 Å². The van der Waals surface area contributed by atoms with Crippen molar-refractivity contribution >= 4 is 17.8 Å². The maximum atomic E-state index is 11.9. The molecule has 0 aromatic rings. The smallest absolute Gasteiger partial charge is 0.317 e. The van der Waals surface area contributed by atoms with Crippen LogP contribution in [0, 0.1) is 5.92 Å². The first-order valence-electron chi connectivity index (χ1n) is 7.01. The van der Waals surface area contributed by atoms with E-state index < -0.39 is 0 Å². The van der Waals surface area contributed by atoms with Crippen LogP contribution in [-0.4, -0.2) is 54.8 Å². The van der Waals surface area contributed by atoms with Crippen molar-refractivity contribution < 1.29 is 9.53 Å². The van der Waals surface area contributed by atoms with E-state index in [1.165, 1.54) is 12.8 Å². The Balaban J connectivity index is 1.55. The molecule has 2 rings (SSSR count). The number of carbonyl (C=O) groups is 1. The number of nitrogens with zero attached hydrogens (tertiary/aromatic N) is 1. The summed E-state index contributed by atoms with van der Waals surface area (Å²) in [6.45, 7) is 6.08. The Labute approximate surface area is 114 Å². The molecule has 1 aliphatic heterocycles. The minimum Gasteiger partial charge on any atom is -0.379 e. The van der Waals surface area contributed by atoms with Gasteiger partial charge in [0.2, 0.25) is 0 Å². The molecule has 0 bridgehead atoms. The first kappa shape index (κ1) is 14.0. The van der Waals surface area contributed by atoms with E-state index in [0.29, 0.717) is 18.4 Å². The summed E-state index contributed by atoms with van der Waals surface area (Å²) in [7, 11) is 0. The third-order valence-electron chi connectivity index (χ3n) is 3.45. The maximum Gasteiger partial charge on any atom is 0.317 e. The fourth-order valence-electron chi connectivity index (χ4n) is 2.03. The fourth-order valence-corrected chi connectivity index (χ4v) is 3.21. The summed E-state index contributed by atoms with van der Waals surface area (Å²) in [6.07, 6.45) is 3.77. The second-order valence-corrected chi connectivity index (χ2v) is 6.51. The summed E-state index contributed by atoms with van der Waals surface area (Å²) >= 11 is 1.98. The van der Waals surface area contributed by atoms with E-state index in [2.05, 4.69) is 12.2 Å². The van der Waals surface area contributed by atoms with Gasteiger partial charge in [0.1, 0.15) is 0 Å². The van der Waals surface area contributed by atoms with Gasteiger partial charge >= 0.3 is 6.03 Å². The monoisotopic (exact) mass is 272 g/mol. The van der Waals surface area contributed by atoms with Crippen molar-refractivity contribution in [2.24, 2.45) is 5.92 Å². The first-order chi connectivity index (χ1) is 8.79. The van der Waals surface area contributed by atoms with Gasteiger partial charge in [-0.25, -0.2) is 4.79 Å². The van der Waals surface area contributed by atoms with E-state index in [-0.39, 0.29) is 6.03 Å². The molecule has 0 radical (unpaired) electrons. The van der Waals surface area contributed by atoms with Crippen LogP contribution in [-0.2, 0) is 4.74 Å². The van der Waals surface area contributed by atoms with Crippen LogP contribution in [0.25, 0.3) is 0 Å². The number of nitrogens with one attached hydrogen (secondary N) is 1. The summed E-state index contributed by atoms with van der Waals surface area (Å²) in [4.78, 5) is 13.9. The molecular formula is C13H24N2O2S. The Kier molecular flexibility index (Phi) is 5.63. The first-order valence-corrected chi connectivity index (χ1v) is 8.06. The normalized spacial score (nSPS) is 24.1. The molecule has 0 unspecified atom stereocenters. The van der Waals surface area contributed by atoms with E-state index in [0.717, 1.165) is 37.8 Å². The summed E-state index contributed by atoms with van der Waals surface area (Å²) < 4.78 is 5.50. The van der Waals surface area contributed by atoms with Crippen molar-refractivity contribution in [2.75, 3.05) is 38.6 Å². The highest BCUT2D eigenvalue weighted by Crippen LogP contribution is 2.28. The molecule has 0 spiro atoms. The highest BCUT2D eigenvalue weighted by Gasteiger charge is 2.23. The summed E-state index contributed by atoms with van der Waals surface area (Å²) in [5, 5.41) is 3.55. The van der Waals surface area contributed by atoms with E-state index in [1.807, 2.05) is 16.7 Å². The third-order valence-corrected chi connectivity index (χ3v) is 4.83. The predicted molar refractivity (Wildman–Crippen MR) is 75.1 cm³/mol. The Bertz CT molecular complexity index is 272. The van der Waals surface area contributed by atoms with Crippen LogP contribution in [0.3, 0.4) is 0 Å². The molecule has 1 N–H and O–H groups in total. The molecule has 0 aromatic carbocycles. The highest BCUT2D eigenvalue weighted by molar-refractivity contribution is 8.00. The van der Waals surface area contributed by atoms with E-state index >= 15 is 0 Å². The lowest BCUT2D eigenvalue weighted by Crippen LogP contribution is -2.47. The van der Waals surface area contributed by atoms with Gasteiger partial charge in [0, 0.05) is 37.2 Å². The minimum absolute atomic E-state index is 0.0729. The molecule has 1 aliphatic carbocycles. The Morgan fingerprint density at radius 1 is 1.50 bits per heavy atom. The number of carbonyl (C=O) groups excluding carboxylic acids is 1. The van der Waals surface area contributed by atoms with Crippen molar-refractivity contribution in [2.45, 2.75) is 31.4 Å². The summed E-state index contributed by atoms with van der Waals surface area (Å²) in [5.41, 5.74) is 0. The molecule has 1 saturated carbocycles. The van der Waals surface area contributed by atoms with Gasteiger partial charge in [-0.3, -0.25) is 0 Å². The Hall–Kier alpha value is -0.420. The number of hydrogen-bond acceptors (Lipinski definition) is 3. The van der Waals surface area contributed by atoms with Crippen LogP contribution in [0.5, 0.6) is 0 Å². The van der Waals surface area contributed by atoms with Gasteiger partial charge in [-0.15, -0.1) is 0 Å². The molecule has 18 heavy (non-hydrogen) atoms. The van der Waals surface area contributed by atoms with Gasteiger partial charge in [-0.2, -0.15) is 11.8 Å². The zero-order chi connectivity index (χ0) is 12.8. The average molecular weight is 272 g/mol. The van der Waals surface area contributed by atoms with Crippen LogP contribution in [0.4, 0.5) is 4.79 Å². The topological polar surface area (TPSA) is 41.6 Å². The van der Waals surface area contributed by atoms with E-state index in [4.69, 9.17) is 4.74 Å². The van der Waals surface area contributed by atoms with Crippen LogP contribution >= 0.6 is 11.8 Å². The zero-order valence-corrected chi connectivity index (χ0v) is 12.0. The van der Waals surface area contributed by atoms with Crippen molar-refractivity contribution in [3.05, 3.63) is 0 Å². The molecular weight excluding hydrogens is 248 g/mol. The lowest BCUT2D eigenvalue weighted by Gasteiger charge is -2.31. The average Bonchev–Trinajstić information content (AvgIpc) is 3.22. The highest BCUT2D eigenvalue weighted by atomic mass is 32.2. The molecule has 2 aliphatic rings. The molecule has 104 valence electrons. The molecule has 2 fully saturated rings. The van der Waals surface area contributed by atoms with E-state index in [1.54, 1.807) is 0 Å². The second kappa shape index (κ2) is 7.24. The van der Waals surface area contributed by atoms with Gasteiger partial charge in [-0.05, 0) is 25.2 Å². The number of urea groups is 1. The summed E-state index contributed by atoms with van der Waals surface area (Å²) in [5.74, 6) is 1.86. The standard InChI is InChI=1S/C13H24N2O2S/c1-2-12-9-15(6-8-18-12)13(16)14-5-7-17-10-11-3-4-11/h11-12H,2-10H2,1H3,(H,14,16)/t12-/m0/s1. The second-order valence-electron chi connectivity index (χ2n) is 5.10. The third kappa shape index (κ3) is 4.69. The number of ether oxygens (including phenoxy) is 1. The van der Waals surface area contributed by atoms with Gasteiger partial charge in [0.05, 0.1) is 6.61 Å². The molecule has 1 saturated heterocycles. The number of amides is 2. The van der Waals surface area contributed by atoms with Gasteiger partial charge in [0.25, 0.3) is 0 Å². The van der Waals surface area contributed by atoms with Gasteiger partial charge in [0.15, 0.2) is 0 Å². The molecule has 5 heteroatoms. The molecule has 1 atom stereocenters. The fraction of sp³-hybridized carbons (Fsp3) is 0.923. The van der Waals surface area contributed by atoms with Crippen LogP contribution in [0.1, 0.15) is 26.2 Å². The molecule has 0 aromatic heterocycles. The maximum absolute atomic E-state index is 11.9. The number of thioether (sulfide) groups is 1. The van der Waals surface area contributed by atoms with E-state index in [9.17, 15) is 4.79 Å². The lowest BCUT2D eigenvalue weighted by molar-refractivity contribution is 0.124. The van der Waals surface area contributed by atoms with Crippen LogP contribution < -0.4 is 5.32 Å². The predicted octanol–water partition coefficient (Wildman–Crippen LogP) is 1.95. The zero-order valence-electron chi connectivity index (χ0n) is 11.2. The van der Waals surface area contributed by atoms with Crippen molar-refractivity contribution in [1.29, 1.82) is 0 Å². The van der Waals surface area contributed by atoms with Crippen molar-refractivity contribution in [3.8, 4) is 0 Å². The largest absolute Gasteiger partial charge is 0.379 e. The van der Waals surface area contributed by atoms with Crippen LogP contribution in [0.2, 0.25) is 0 Å². The molecule has 4 nitrogen and oxygen atoms in total. The van der Waals surface area contributed by atoms with Crippen molar-refractivity contribution in [3.63, 3.8) is 0 Å². The molecule has 2 amide bonds. The lowest BCUT2D eigenvalue weighted by atomic mass is 10.3. The van der Waals surface area contributed by atoms with Gasteiger partial charge < -0.3 is 15.0 Å². The minimum atomic E-state index is 0.0729. The quantitative estimate of drug-likeness (QED) is 0.751. The SMILES string of the molecule is CC[C@H]1CN(C(=O)NCCOCC2CC2)CCS1. The van der Waals surface area contributed by atoms with Crippen molar-refractivity contribution in [1.82, 2.24) is 10.2 Å². The number of hydrogen-bond donors (Lipinski definition) is 1. The Morgan fingerprint density at radius 2 is 2.33 bits per heavy atom.